The number of nitrogens with one attached hydrogen (secondary N) is 2. The minimum Gasteiger partial charge on any atom is -0.497 e. The Morgan fingerprint density at radius 1 is 1.12 bits per heavy atom. The highest BCUT2D eigenvalue weighted by atomic mass is 127. The van der Waals surface area contributed by atoms with Crippen LogP contribution in [0.2, 0.25) is 0 Å². The zero-order valence-electron chi connectivity index (χ0n) is 20.7. The minimum atomic E-state index is 0. The number of hydrogen-bond acceptors (Lipinski definition) is 5. The summed E-state index contributed by atoms with van der Waals surface area (Å²) >= 11 is 0. The number of likely N-dealkylation sites (tertiary alicyclic amines) is 2. The molecule has 33 heavy (non-hydrogen) atoms. The zero-order valence-corrected chi connectivity index (χ0v) is 23.1. The van der Waals surface area contributed by atoms with Gasteiger partial charge in [-0.05, 0) is 82.4 Å². The van der Waals surface area contributed by atoms with Gasteiger partial charge in [-0.2, -0.15) is 0 Å². The second kappa shape index (κ2) is 15.7. The maximum atomic E-state index is 5.48. The van der Waals surface area contributed by atoms with Crippen LogP contribution in [0.15, 0.2) is 29.3 Å². The van der Waals surface area contributed by atoms with Crippen molar-refractivity contribution in [3.05, 3.63) is 29.8 Å². The van der Waals surface area contributed by atoms with Gasteiger partial charge in [-0.3, -0.25) is 9.89 Å². The molecule has 1 aromatic rings. The van der Waals surface area contributed by atoms with Gasteiger partial charge in [-0.15, -0.1) is 24.0 Å². The third kappa shape index (κ3) is 9.22. The van der Waals surface area contributed by atoms with Crippen molar-refractivity contribution in [3.63, 3.8) is 0 Å². The smallest absolute Gasteiger partial charge is 0.191 e. The number of methoxy groups -OCH3 is 2. The molecule has 0 spiro atoms. The lowest BCUT2D eigenvalue weighted by Crippen LogP contribution is -2.43. The lowest BCUT2D eigenvalue weighted by molar-refractivity contribution is 0.121. The molecule has 1 atom stereocenters. The molecule has 0 aliphatic carbocycles. The molecule has 0 saturated carbocycles. The number of benzene rings is 1. The van der Waals surface area contributed by atoms with Gasteiger partial charge in [-0.1, -0.05) is 12.1 Å². The van der Waals surface area contributed by atoms with E-state index in [1.54, 1.807) is 14.2 Å². The number of hydrogen-bond donors (Lipinski definition) is 2. The van der Waals surface area contributed by atoms with Crippen LogP contribution in [0.1, 0.15) is 44.2 Å². The van der Waals surface area contributed by atoms with Crippen molar-refractivity contribution in [2.45, 2.75) is 38.6 Å². The molecule has 188 valence electrons. The van der Waals surface area contributed by atoms with E-state index in [1.807, 2.05) is 6.07 Å². The molecule has 7 nitrogen and oxygen atoms in total. The van der Waals surface area contributed by atoms with Crippen molar-refractivity contribution in [1.29, 1.82) is 0 Å². The molecule has 2 aliphatic heterocycles. The first-order valence-electron chi connectivity index (χ1n) is 12.3. The summed E-state index contributed by atoms with van der Waals surface area (Å²) in [5.74, 6) is 2.55. The van der Waals surface area contributed by atoms with Crippen LogP contribution in [0.3, 0.4) is 0 Å². The SMILES string of the molecule is CCNC(=NCC(c1cccc(OC)c1)N1CCCC1)NCC1CCN(CCOC)CC1.I. The van der Waals surface area contributed by atoms with E-state index >= 15 is 0 Å². The Bertz CT molecular complexity index is 691. The van der Waals surface area contributed by atoms with Gasteiger partial charge < -0.3 is 25.0 Å². The van der Waals surface area contributed by atoms with Crippen molar-refractivity contribution in [2.24, 2.45) is 10.9 Å². The Morgan fingerprint density at radius 2 is 1.88 bits per heavy atom. The number of guanidine groups is 1. The van der Waals surface area contributed by atoms with Gasteiger partial charge in [0.2, 0.25) is 0 Å². The quantitative estimate of drug-likeness (QED) is 0.241. The fraction of sp³-hybridized carbons (Fsp3) is 0.720. The van der Waals surface area contributed by atoms with Crippen LogP contribution in [0.4, 0.5) is 0 Å². The Hall–Kier alpha value is -1.10. The van der Waals surface area contributed by atoms with Crippen molar-refractivity contribution in [3.8, 4) is 5.75 Å². The van der Waals surface area contributed by atoms with Crippen LogP contribution in [0.25, 0.3) is 0 Å². The highest BCUT2D eigenvalue weighted by Crippen LogP contribution is 2.28. The van der Waals surface area contributed by atoms with E-state index in [0.717, 1.165) is 70.7 Å². The standard InChI is InChI=1S/C25H43N5O2.HI/c1-4-26-25(27-19-21-10-14-29(15-11-21)16-17-31-2)28-20-24(30-12-5-6-13-30)22-8-7-9-23(18-22)32-3;/h7-9,18,21,24H,4-6,10-17,19-20H2,1-3H3,(H2,26,27,28);1H. The number of halogens is 1. The Labute approximate surface area is 217 Å². The third-order valence-corrected chi connectivity index (χ3v) is 6.70. The topological polar surface area (TPSA) is 61.4 Å². The maximum absolute atomic E-state index is 5.48. The van der Waals surface area contributed by atoms with Crippen molar-refractivity contribution >= 4 is 29.9 Å². The number of ether oxygens (including phenoxy) is 2. The number of nitrogens with zero attached hydrogens (tertiary/aromatic N) is 3. The average molecular weight is 574 g/mol. The van der Waals surface area contributed by atoms with Gasteiger partial charge in [0, 0.05) is 26.7 Å². The Kier molecular flexibility index (Phi) is 13.4. The molecule has 2 saturated heterocycles. The Morgan fingerprint density at radius 3 is 2.55 bits per heavy atom. The van der Waals surface area contributed by atoms with E-state index in [9.17, 15) is 0 Å². The highest BCUT2D eigenvalue weighted by molar-refractivity contribution is 14.0. The van der Waals surface area contributed by atoms with Gasteiger partial charge in [0.05, 0.1) is 26.3 Å². The average Bonchev–Trinajstić information content (AvgIpc) is 3.36. The highest BCUT2D eigenvalue weighted by Gasteiger charge is 2.24. The molecule has 0 aromatic heterocycles. The molecule has 2 aliphatic rings. The lowest BCUT2D eigenvalue weighted by Gasteiger charge is -2.32. The van der Waals surface area contributed by atoms with Gasteiger partial charge in [-0.25, -0.2) is 0 Å². The summed E-state index contributed by atoms with van der Waals surface area (Å²) in [5, 5.41) is 7.07. The molecule has 1 aromatic carbocycles. The second-order valence-electron chi connectivity index (χ2n) is 8.91. The molecular weight excluding hydrogens is 529 g/mol. The summed E-state index contributed by atoms with van der Waals surface area (Å²) in [4.78, 5) is 10.1. The van der Waals surface area contributed by atoms with Crippen LogP contribution >= 0.6 is 24.0 Å². The summed E-state index contributed by atoms with van der Waals surface area (Å²) in [5.41, 5.74) is 1.29. The van der Waals surface area contributed by atoms with E-state index in [-0.39, 0.29) is 30.0 Å². The molecule has 8 heteroatoms. The van der Waals surface area contributed by atoms with Gasteiger partial charge >= 0.3 is 0 Å². The largest absolute Gasteiger partial charge is 0.497 e. The Balaban J connectivity index is 0.00000385. The van der Waals surface area contributed by atoms with Gasteiger partial charge in [0.15, 0.2) is 5.96 Å². The van der Waals surface area contributed by atoms with E-state index in [2.05, 4.69) is 45.6 Å². The first-order valence-corrected chi connectivity index (χ1v) is 12.3. The lowest BCUT2D eigenvalue weighted by atomic mass is 9.97. The fourth-order valence-corrected chi connectivity index (χ4v) is 4.73. The molecule has 1 unspecified atom stereocenters. The summed E-state index contributed by atoms with van der Waals surface area (Å²) in [6, 6.07) is 8.75. The van der Waals surface area contributed by atoms with E-state index in [4.69, 9.17) is 14.5 Å². The van der Waals surface area contributed by atoms with E-state index < -0.39 is 0 Å². The number of aliphatic imine (C=N–C) groups is 1. The predicted octanol–water partition coefficient (Wildman–Crippen LogP) is 3.36. The molecule has 2 N–H and O–H groups in total. The van der Waals surface area contributed by atoms with E-state index in [0.29, 0.717) is 5.92 Å². The molecule has 0 radical (unpaired) electrons. The predicted molar refractivity (Wildman–Crippen MR) is 147 cm³/mol. The van der Waals surface area contributed by atoms with Crippen LogP contribution < -0.4 is 15.4 Å². The molecular formula is C25H44IN5O2. The molecule has 2 heterocycles. The fourth-order valence-electron chi connectivity index (χ4n) is 4.73. The summed E-state index contributed by atoms with van der Waals surface area (Å²) in [7, 11) is 3.51. The summed E-state index contributed by atoms with van der Waals surface area (Å²) in [6.07, 6.45) is 5.00. The molecule has 0 bridgehead atoms. The first kappa shape index (κ1) is 28.1. The van der Waals surface area contributed by atoms with Crippen LogP contribution in [-0.4, -0.2) is 88.9 Å². The van der Waals surface area contributed by atoms with Crippen LogP contribution in [0, 0.1) is 5.92 Å². The molecule has 3 rings (SSSR count). The number of rotatable bonds is 11. The van der Waals surface area contributed by atoms with Crippen molar-refractivity contribution in [1.82, 2.24) is 20.4 Å². The normalized spacial score (nSPS) is 19.2. The third-order valence-electron chi connectivity index (χ3n) is 6.70. The van der Waals surface area contributed by atoms with Crippen molar-refractivity contribution < 1.29 is 9.47 Å². The van der Waals surface area contributed by atoms with E-state index in [1.165, 1.54) is 31.2 Å². The summed E-state index contributed by atoms with van der Waals surface area (Å²) < 4.78 is 10.7. The summed E-state index contributed by atoms with van der Waals surface area (Å²) in [6.45, 7) is 11.2. The minimum absolute atomic E-state index is 0. The van der Waals surface area contributed by atoms with Crippen molar-refractivity contribution in [2.75, 3.05) is 73.2 Å². The molecule has 0 amide bonds. The maximum Gasteiger partial charge on any atom is 0.191 e. The van der Waals surface area contributed by atoms with Gasteiger partial charge in [0.1, 0.15) is 5.75 Å². The molecule has 2 fully saturated rings. The van der Waals surface area contributed by atoms with Crippen LogP contribution in [0.5, 0.6) is 5.75 Å². The number of piperidine rings is 1. The second-order valence-corrected chi connectivity index (χ2v) is 8.91. The van der Waals surface area contributed by atoms with Crippen LogP contribution in [-0.2, 0) is 4.74 Å². The monoisotopic (exact) mass is 573 g/mol. The first-order chi connectivity index (χ1) is 15.7. The zero-order chi connectivity index (χ0) is 22.6. The van der Waals surface area contributed by atoms with Gasteiger partial charge in [0.25, 0.3) is 0 Å².